The SMILES string of the molecule is CCCCc1ccc(C)c(CN2c3ccccc3[C@]3(O)C[C@@H](COC(=O)c4ccccc4)OC23)c1OCOC.CCCCc1ccc(OCOC)c(CI)c1OCOC.O=C(OC[C@@H]1C[C@@]2(O)c3ccccc3NC2O1)c1ccccc1. The van der Waals surface area contributed by atoms with Gasteiger partial charge in [0.15, 0.2) is 32.8 Å². The zero-order valence-corrected chi connectivity index (χ0v) is 49.9. The largest absolute Gasteiger partial charge is 0.467 e. The highest BCUT2D eigenvalue weighted by Crippen LogP contribution is 2.53. The van der Waals surface area contributed by atoms with Crippen molar-refractivity contribution in [3.63, 3.8) is 0 Å². The van der Waals surface area contributed by atoms with Gasteiger partial charge in [-0.15, -0.1) is 0 Å². The Labute approximate surface area is 495 Å². The van der Waals surface area contributed by atoms with E-state index in [0.717, 1.165) is 105 Å². The van der Waals surface area contributed by atoms with Crippen molar-refractivity contribution in [3.8, 4) is 17.2 Å². The minimum absolute atomic E-state index is 0.0657. The summed E-state index contributed by atoms with van der Waals surface area (Å²) in [7, 11) is 4.86. The van der Waals surface area contributed by atoms with Crippen molar-refractivity contribution in [1.82, 2.24) is 0 Å². The highest BCUT2D eigenvalue weighted by atomic mass is 127. The highest BCUT2D eigenvalue weighted by Gasteiger charge is 2.58. The fourth-order valence-electron chi connectivity index (χ4n) is 10.8. The topological polar surface area (TPSA) is 182 Å². The molecule has 0 bridgehead atoms. The van der Waals surface area contributed by atoms with Gasteiger partial charge in [0.25, 0.3) is 0 Å². The summed E-state index contributed by atoms with van der Waals surface area (Å²) in [4.78, 5) is 26.6. The maximum Gasteiger partial charge on any atom is 0.338 e. The monoisotopic (exact) mass is 1240 g/mol. The molecular formula is C65H77IN2O14. The van der Waals surface area contributed by atoms with Gasteiger partial charge in [0, 0.05) is 78.8 Å². The summed E-state index contributed by atoms with van der Waals surface area (Å²) < 4.78 is 56.7. The van der Waals surface area contributed by atoms with Crippen LogP contribution in [-0.4, -0.2) is 102 Å². The number of esters is 2. The molecule has 16 nitrogen and oxygen atoms in total. The molecule has 4 heterocycles. The number of hydrogen-bond donors (Lipinski definition) is 3. The number of methoxy groups -OCH3 is 3. The van der Waals surface area contributed by atoms with Crippen LogP contribution >= 0.6 is 22.6 Å². The molecule has 6 atom stereocenters. The van der Waals surface area contributed by atoms with E-state index in [-0.39, 0.29) is 45.7 Å². The first-order chi connectivity index (χ1) is 39.9. The molecule has 2 unspecified atom stereocenters. The minimum atomic E-state index is -1.22. The molecule has 17 heteroatoms. The number of aryl methyl sites for hydroxylation is 3. The summed E-state index contributed by atoms with van der Waals surface area (Å²) in [5.41, 5.74) is 7.75. The van der Waals surface area contributed by atoms with Gasteiger partial charge >= 0.3 is 11.9 Å². The van der Waals surface area contributed by atoms with Gasteiger partial charge in [-0.3, -0.25) is 0 Å². The van der Waals surface area contributed by atoms with E-state index in [1.165, 1.54) is 5.56 Å². The lowest BCUT2D eigenvalue weighted by Crippen LogP contribution is -2.41. The van der Waals surface area contributed by atoms with Crippen molar-refractivity contribution in [2.24, 2.45) is 0 Å². The molecule has 4 aliphatic rings. The van der Waals surface area contributed by atoms with Gasteiger partial charge in [0.2, 0.25) is 0 Å². The minimum Gasteiger partial charge on any atom is -0.467 e. The zero-order chi connectivity index (χ0) is 58.1. The third-order valence-electron chi connectivity index (χ3n) is 14.9. The lowest BCUT2D eigenvalue weighted by Gasteiger charge is -2.30. The molecular weight excluding hydrogens is 1160 g/mol. The van der Waals surface area contributed by atoms with Crippen molar-refractivity contribution in [2.45, 2.75) is 119 Å². The Morgan fingerprint density at radius 3 is 1.72 bits per heavy atom. The summed E-state index contributed by atoms with van der Waals surface area (Å²) >= 11 is 2.32. The number of fused-ring (bicyclic) bond motifs is 6. The van der Waals surface area contributed by atoms with Gasteiger partial charge < -0.3 is 67.8 Å². The number of alkyl halides is 1. The van der Waals surface area contributed by atoms with Crippen LogP contribution in [0.4, 0.5) is 11.4 Å². The maximum atomic E-state index is 12.5. The van der Waals surface area contributed by atoms with E-state index < -0.39 is 35.7 Å². The number of halogens is 1. The number of nitrogens with zero attached hydrogens (tertiary/aromatic N) is 1. The molecule has 82 heavy (non-hydrogen) atoms. The molecule has 6 aromatic rings. The van der Waals surface area contributed by atoms with Crippen molar-refractivity contribution >= 4 is 45.9 Å². The first kappa shape index (κ1) is 61.8. The molecule has 0 aliphatic carbocycles. The summed E-state index contributed by atoms with van der Waals surface area (Å²) in [5, 5.41) is 26.1. The maximum absolute atomic E-state index is 12.5. The molecule has 0 amide bonds. The Morgan fingerprint density at radius 1 is 0.622 bits per heavy atom. The average molecular weight is 1240 g/mol. The van der Waals surface area contributed by atoms with Crippen LogP contribution in [0.3, 0.4) is 0 Å². The van der Waals surface area contributed by atoms with Crippen molar-refractivity contribution in [2.75, 3.05) is 65.1 Å². The number of hydrogen-bond acceptors (Lipinski definition) is 16. The number of benzene rings is 6. The van der Waals surface area contributed by atoms with Gasteiger partial charge in [-0.2, -0.15) is 0 Å². The molecule has 3 N–H and O–H groups in total. The van der Waals surface area contributed by atoms with E-state index in [2.05, 4.69) is 71.8 Å². The lowest BCUT2D eigenvalue weighted by atomic mass is 9.91. The molecule has 0 radical (unpaired) electrons. The first-order valence-corrected chi connectivity index (χ1v) is 29.5. The molecule has 0 saturated carbocycles. The predicted octanol–water partition coefficient (Wildman–Crippen LogP) is 11.7. The third-order valence-corrected chi connectivity index (χ3v) is 15.7. The third kappa shape index (κ3) is 14.5. The van der Waals surface area contributed by atoms with E-state index >= 15 is 0 Å². The predicted molar refractivity (Wildman–Crippen MR) is 321 cm³/mol. The normalized spacial score (nSPS) is 20.6. The molecule has 0 aromatic heterocycles. The second-order valence-electron chi connectivity index (χ2n) is 20.6. The van der Waals surface area contributed by atoms with Crippen LogP contribution in [0.1, 0.15) is 112 Å². The molecule has 2 fully saturated rings. The molecule has 438 valence electrons. The average Bonchev–Trinajstić information content (AvgIpc) is 4.29. The lowest BCUT2D eigenvalue weighted by molar-refractivity contribution is -0.0510. The van der Waals surface area contributed by atoms with Gasteiger partial charge in [-0.05, 0) is 91.8 Å². The summed E-state index contributed by atoms with van der Waals surface area (Å²) in [6.07, 6.45) is 5.20. The van der Waals surface area contributed by atoms with Crippen molar-refractivity contribution in [3.05, 3.63) is 184 Å². The van der Waals surface area contributed by atoms with E-state index in [9.17, 15) is 19.8 Å². The zero-order valence-electron chi connectivity index (χ0n) is 47.7. The van der Waals surface area contributed by atoms with E-state index in [1.807, 2.05) is 66.7 Å². The fourth-order valence-corrected chi connectivity index (χ4v) is 11.6. The quantitative estimate of drug-likeness (QED) is 0.0225. The second-order valence-corrected chi connectivity index (χ2v) is 21.4. The van der Waals surface area contributed by atoms with E-state index in [0.29, 0.717) is 30.5 Å². The number of anilines is 2. The van der Waals surface area contributed by atoms with Crippen LogP contribution in [0.25, 0.3) is 0 Å². The number of aliphatic hydroxyl groups is 2. The molecule has 2 saturated heterocycles. The van der Waals surface area contributed by atoms with Crippen LogP contribution in [-0.2, 0) is 68.2 Å². The Hall–Kier alpha value is -6.29. The molecule has 4 aliphatic heterocycles. The standard InChI is InChI=1S/C32H37NO6.C18H17NO4.C15H23IO4/c1-4-5-11-23-17-16-22(2)26(29(23)38-21-36-3)19-33-28-15-10-9-14-27(28)32(35)18-25(39-31(32)33)20-37-30(34)24-12-7-6-8-13-24;20-16(12-6-2-1-3-7-12)22-11-13-10-18(21)14-8-4-5-9-15(14)19-17(18)23-13;1-4-5-6-12-7-8-14(19-10-17-2)13(9-16)15(12)20-11-18-3/h6-10,12-17,25,31,35H,4-5,11,18-21H2,1-3H3;1-9,13,17,19,21H,10-11H2;7-8H,4-6,9-11H2,1-3H3/t25-,31?,32+;13-,17?,18+;/m00./s1. The van der Waals surface area contributed by atoms with Crippen LogP contribution in [0.2, 0.25) is 0 Å². The summed E-state index contributed by atoms with van der Waals surface area (Å²) in [6, 6.07) is 41.6. The molecule has 10 rings (SSSR count). The molecule has 6 aromatic carbocycles. The van der Waals surface area contributed by atoms with E-state index in [4.69, 9.17) is 47.4 Å². The van der Waals surface area contributed by atoms with Gasteiger partial charge in [-0.1, -0.05) is 140 Å². The number of carbonyl (C=O) groups is 2. The Bertz CT molecular complexity index is 3020. The van der Waals surface area contributed by atoms with Crippen LogP contribution in [0.5, 0.6) is 17.2 Å². The first-order valence-electron chi connectivity index (χ1n) is 28.0. The Kier molecular flexibility index (Phi) is 22.4. The second kappa shape index (κ2) is 29.8. The van der Waals surface area contributed by atoms with Gasteiger partial charge in [0.1, 0.15) is 41.7 Å². The number of nitrogens with one attached hydrogen (secondary N) is 1. The number of rotatable bonds is 24. The van der Waals surface area contributed by atoms with Crippen LogP contribution in [0.15, 0.2) is 133 Å². The summed E-state index contributed by atoms with van der Waals surface area (Å²) in [6.45, 7) is 7.76. The van der Waals surface area contributed by atoms with Gasteiger partial charge in [0.05, 0.1) is 23.3 Å². The summed E-state index contributed by atoms with van der Waals surface area (Å²) in [5.74, 6) is 1.76. The van der Waals surface area contributed by atoms with Crippen LogP contribution < -0.4 is 24.4 Å². The molecule has 0 spiro atoms. The number of unbranched alkanes of at least 4 members (excludes halogenated alkanes) is 2. The van der Waals surface area contributed by atoms with Crippen LogP contribution in [0, 0.1) is 6.92 Å². The number of para-hydroxylation sites is 2. The Morgan fingerprint density at radius 2 is 1.13 bits per heavy atom. The van der Waals surface area contributed by atoms with E-state index in [1.54, 1.807) is 69.9 Å². The number of carbonyl (C=O) groups excluding carboxylic acids is 2. The van der Waals surface area contributed by atoms with Gasteiger partial charge in [-0.25, -0.2) is 9.59 Å². The Balaban J connectivity index is 0.000000174. The smallest absolute Gasteiger partial charge is 0.338 e. The number of ether oxygens (including phenoxy) is 10. The highest BCUT2D eigenvalue weighted by molar-refractivity contribution is 14.1. The van der Waals surface area contributed by atoms with Crippen molar-refractivity contribution in [1.29, 1.82) is 0 Å². The fraction of sp³-hybridized carbons (Fsp3) is 0.415. The van der Waals surface area contributed by atoms with Crippen molar-refractivity contribution < 1.29 is 67.2 Å².